The first-order valence-corrected chi connectivity index (χ1v) is 11.1. The molecule has 1 unspecified atom stereocenters. The Hall–Kier alpha value is -2.12. The van der Waals surface area contributed by atoms with E-state index in [9.17, 15) is 0 Å². The smallest absolute Gasteiger partial charge is 0.183 e. The molecule has 0 N–H and O–H groups in total. The highest BCUT2D eigenvalue weighted by molar-refractivity contribution is 7.19. The Morgan fingerprint density at radius 1 is 1.21 bits per heavy atom. The molecule has 4 heterocycles. The summed E-state index contributed by atoms with van der Waals surface area (Å²) in [5.74, 6) is 1.80. The van der Waals surface area contributed by atoms with E-state index in [0.29, 0.717) is 11.9 Å². The fourth-order valence-electron chi connectivity index (χ4n) is 4.45. The number of likely N-dealkylation sites (N-methyl/N-ethyl adjacent to an activating group) is 1. The number of aryl methyl sites for hydroxylation is 2. The minimum Gasteiger partial charge on any atom is -0.354 e. The minimum atomic E-state index is 0.587. The monoisotopic (exact) mass is 394 g/mol. The molecule has 1 aliphatic carbocycles. The topological polar surface area (TPSA) is 58.0 Å². The third-order valence-electron chi connectivity index (χ3n) is 6.17. The average molecular weight is 395 g/mol. The molecule has 0 saturated carbocycles. The van der Waals surface area contributed by atoms with E-state index >= 15 is 0 Å². The number of nitrogens with zero attached hydrogens (tertiary/aromatic N) is 6. The van der Waals surface area contributed by atoms with E-state index in [4.69, 9.17) is 9.97 Å². The van der Waals surface area contributed by atoms with Crippen molar-refractivity contribution in [2.45, 2.75) is 45.1 Å². The molecule has 0 radical (unpaired) electrons. The van der Waals surface area contributed by atoms with Gasteiger partial charge in [-0.1, -0.05) is 6.92 Å². The molecule has 1 aliphatic heterocycles. The zero-order chi connectivity index (χ0) is 19.1. The summed E-state index contributed by atoms with van der Waals surface area (Å²) < 4.78 is 0. The summed E-state index contributed by atoms with van der Waals surface area (Å²) in [7, 11) is 2.22. The molecule has 1 saturated heterocycles. The predicted octanol–water partition coefficient (Wildman–Crippen LogP) is 3.56. The highest BCUT2D eigenvalue weighted by atomic mass is 32.1. The Morgan fingerprint density at radius 3 is 2.93 bits per heavy atom. The molecule has 1 fully saturated rings. The highest BCUT2D eigenvalue weighted by Gasteiger charge is 2.30. The van der Waals surface area contributed by atoms with Crippen molar-refractivity contribution >= 4 is 27.4 Å². The second-order valence-electron chi connectivity index (χ2n) is 7.81. The van der Waals surface area contributed by atoms with Crippen molar-refractivity contribution in [3.05, 3.63) is 29.0 Å². The van der Waals surface area contributed by atoms with E-state index in [0.717, 1.165) is 42.4 Å². The fourth-order valence-corrected chi connectivity index (χ4v) is 5.70. The summed E-state index contributed by atoms with van der Waals surface area (Å²) in [6, 6.07) is 0.587. The Balaban J connectivity index is 1.64. The number of hydrogen-bond donors (Lipinski definition) is 0. The van der Waals surface area contributed by atoms with Gasteiger partial charge in [-0.15, -0.1) is 11.3 Å². The molecule has 3 aromatic rings. The van der Waals surface area contributed by atoms with Gasteiger partial charge in [0, 0.05) is 36.4 Å². The molecule has 0 spiro atoms. The molecule has 7 heteroatoms. The van der Waals surface area contributed by atoms with Gasteiger partial charge in [-0.25, -0.2) is 15.0 Å². The van der Waals surface area contributed by atoms with Gasteiger partial charge in [-0.2, -0.15) is 0 Å². The van der Waals surface area contributed by atoms with Gasteiger partial charge in [-0.05, 0) is 51.3 Å². The standard InChI is InChI=1S/C21H26N6S/c1-3-26(2)14-8-11-27(13-14)20-18-15-6-4-5-7-17(15)28-21(18)25-19(24-20)16-12-22-9-10-23-16/h9-10,12,14H,3-8,11,13H2,1-2H3. The summed E-state index contributed by atoms with van der Waals surface area (Å²) in [6.07, 6.45) is 11.2. The number of aromatic nitrogens is 4. The summed E-state index contributed by atoms with van der Waals surface area (Å²) in [5.41, 5.74) is 2.25. The van der Waals surface area contributed by atoms with Gasteiger partial charge in [0.1, 0.15) is 16.3 Å². The van der Waals surface area contributed by atoms with Gasteiger partial charge in [0.15, 0.2) is 5.82 Å². The summed E-state index contributed by atoms with van der Waals surface area (Å²) in [5, 5.41) is 1.30. The third kappa shape index (κ3) is 3.06. The zero-order valence-electron chi connectivity index (χ0n) is 16.6. The highest BCUT2D eigenvalue weighted by Crippen LogP contribution is 2.41. The lowest BCUT2D eigenvalue weighted by atomic mass is 9.97. The maximum atomic E-state index is 5.05. The minimum absolute atomic E-state index is 0.587. The number of fused-ring (bicyclic) bond motifs is 3. The van der Waals surface area contributed by atoms with Crippen molar-refractivity contribution in [2.75, 3.05) is 31.6 Å². The van der Waals surface area contributed by atoms with Crippen LogP contribution in [0.5, 0.6) is 0 Å². The Morgan fingerprint density at radius 2 is 2.11 bits per heavy atom. The molecule has 1 atom stereocenters. The van der Waals surface area contributed by atoms with Crippen LogP contribution in [0.3, 0.4) is 0 Å². The SMILES string of the molecule is CCN(C)C1CCN(c2nc(-c3cnccn3)nc3sc4c(c23)CCCC4)C1. The maximum absolute atomic E-state index is 5.05. The van der Waals surface area contributed by atoms with Crippen LogP contribution in [0.25, 0.3) is 21.7 Å². The first-order chi connectivity index (χ1) is 13.7. The molecular formula is C21H26N6S. The Bertz CT molecular complexity index is 985. The normalized spacial score (nSPS) is 19.5. The summed E-state index contributed by atoms with van der Waals surface area (Å²) in [6.45, 7) is 5.38. The molecule has 146 valence electrons. The number of rotatable bonds is 4. The van der Waals surface area contributed by atoms with Crippen molar-refractivity contribution in [1.82, 2.24) is 24.8 Å². The van der Waals surface area contributed by atoms with Crippen LogP contribution in [0.2, 0.25) is 0 Å². The lowest BCUT2D eigenvalue weighted by Gasteiger charge is -2.24. The number of hydrogen-bond acceptors (Lipinski definition) is 7. The molecule has 0 amide bonds. The van der Waals surface area contributed by atoms with Crippen LogP contribution in [0.1, 0.15) is 36.6 Å². The van der Waals surface area contributed by atoms with Crippen LogP contribution in [0.15, 0.2) is 18.6 Å². The van der Waals surface area contributed by atoms with Gasteiger partial charge in [0.05, 0.1) is 11.6 Å². The molecule has 28 heavy (non-hydrogen) atoms. The van der Waals surface area contributed by atoms with Gasteiger partial charge in [-0.3, -0.25) is 4.98 Å². The van der Waals surface area contributed by atoms with Crippen molar-refractivity contribution in [3.63, 3.8) is 0 Å². The predicted molar refractivity (Wildman–Crippen MR) is 114 cm³/mol. The quantitative estimate of drug-likeness (QED) is 0.674. The van der Waals surface area contributed by atoms with Gasteiger partial charge >= 0.3 is 0 Å². The van der Waals surface area contributed by atoms with Crippen molar-refractivity contribution < 1.29 is 0 Å². The molecule has 0 bridgehead atoms. The number of anilines is 1. The van der Waals surface area contributed by atoms with E-state index in [1.54, 1.807) is 18.6 Å². The maximum Gasteiger partial charge on any atom is 0.183 e. The second kappa shape index (κ2) is 7.37. The van der Waals surface area contributed by atoms with E-state index in [1.165, 1.54) is 41.5 Å². The van der Waals surface area contributed by atoms with Crippen LogP contribution in [0.4, 0.5) is 5.82 Å². The van der Waals surface area contributed by atoms with Crippen LogP contribution >= 0.6 is 11.3 Å². The van der Waals surface area contributed by atoms with Crippen molar-refractivity contribution in [3.8, 4) is 11.5 Å². The summed E-state index contributed by atoms with van der Waals surface area (Å²) in [4.78, 5) is 26.2. The number of thiophene rings is 1. The van der Waals surface area contributed by atoms with Gasteiger partial charge in [0.2, 0.25) is 0 Å². The fraction of sp³-hybridized carbons (Fsp3) is 0.524. The lowest BCUT2D eigenvalue weighted by molar-refractivity contribution is 0.272. The van der Waals surface area contributed by atoms with Crippen molar-refractivity contribution in [1.29, 1.82) is 0 Å². The van der Waals surface area contributed by atoms with Gasteiger partial charge < -0.3 is 9.80 Å². The van der Waals surface area contributed by atoms with Crippen LogP contribution in [-0.4, -0.2) is 57.6 Å². The lowest BCUT2D eigenvalue weighted by Crippen LogP contribution is -2.34. The van der Waals surface area contributed by atoms with Crippen LogP contribution in [0, 0.1) is 0 Å². The first-order valence-electron chi connectivity index (χ1n) is 10.3. The zero-order valence-corrected chi connectivity index (χ0v) is 17.4. The molecule has 0 aromatic carbocycles. The van der Waals surface area contributed by atoms with Crippen molar-refractivity contribution in [2.24, 2.45) is 0 Å². The summed E-state index contributed by atoms with van der Waals surface area (Å²) >= 11 is 1.86. The van der Waals surface area contributed by atoms with Crippen LogP contribution in [-0.2, 0) is 12.8 Å². The molecule has 6 nitrogen and oxygen atoms in total. The molecular weight excluding hydrogens is 368 g/mol. The Kier molecular flexibility index (Phi) is 4.72. The second-order valence-corrected chi connectivity index (χ2v) is 8.90. The Labute approximate surface area is 169 Å². The average Bonchev–Trinajstić information content (AvgIpc) is 3.38. The van der Waals surface area contributed by atoms with E-state index < -0.39 is 0 Å². The van der Waals surface area contributed by atoms with E-state index in [1.807, 2.05) is 11.3 Å². The first kappa shape index (κ1) is 17.9. The van der Waals surface area contributed by atoms with E-state index in [2.05, 4.69) is 33.7 Å². The van der Waals surface area contributed by atoms with Crippen LogP contribution < -0.4 is 4.90 Å². The third-order valence-corrected chi connectivity index (χ3v) is 7.36. The van der Waals surface area contributed by atoms with Gasteiger partial charge in [0.25, 0.3) is 0 Å². The molecule has 3 aromatic heterocycles. The largest absolute Gasteiger partial charge is 0.354 e. The van der Waals surface area contributed by atoms with E-state index in [-0.39, 0.29) is 0 Å². The molecule has 2 aliphatic rings. The molecule has 5 rings (SSSR count).